The van der Waals surface area contributed by atoms with Gasteiger partial charge in [-0.15, -0.1) is 0 Å². The van der Waals surface area contributed by atoms with Gasteiger partial charge in [-0.2, -0.15) is 10.2 Å². The van der Waals surface area contributed by atoms with E-state index < -0.39 is 0 Å². The number of anilines is 1. The molecule has 0 aromatic carbocycles. The number of nitrogens with one attached hydrogen (secondary N) is 1. The monoisotopic (exact) mass is 350 g/mol. The molecule has 1 atom stereocenters. The molecule has 7 heteroatoms. The van der Waals surface area contributed by atoms with Crippen molar-refractivity contribution in [2.24, 2.45) is 7.05 Å². The number of nitrogens with zero attached hydrogens (tertiary/aromatic N) is 5. The normalized spacial score (nSPS) is 16.4. The molecule has 1 aliphatic heterocycles. The third-order valence-corrected chi connectivity index (χ3v) is 4.91. The Kier molecular flexibility index (Phi) is 4.06. The van der Waals surface area contributed by atoms with Crippen molar-refractivity contribution in [3.63, 3.8) is 0 Å². The molecule has 0 radical (unpaired) electrons. The van der Waals surface area contributed by atoms with Gasteiger partial charge in [0.15, 0.2) is 0 Å². The molecule has 134 valence electrons. The van der Waals surface area contributed by atoms with Crippen molar-refractivity contribution in [2.45, 2.75) is 39.2 Å². The summed E-state index contributed by atoms with van der Waals surface area (Å²) in [6.45, 7) is 4.83. The minimum atomic E-state index is 0.0385. The second-order valence-corrected chi connectivity index (χ2v) is 6.86. The van der Waals surface area contributed by atoms with Gasteiger partial charge in [-0.25, -0.2) is 0 Å². The topological polar surface area (TPSA) is 77.6 Å². The van der Waals surface area contributed by atoms with Crippen LogP contribution in [0.3, 0.4) is 0 Å². The van der Waals surface area contributed by atoms with Gasteiger partial charge in [0.1, 0.15) is 5.82 Å². The van der Waals surface area contributed by atoms with E-state index in [9.17, 15) is 4.79 Å². The van der Waals surface area contributed by atoms with Crippen LogP contribution in [0.1, 0.15) is 35.7 Å². The quantitative estimate of drug-likeness (QED) is 0.785. The lowest BCUT2D eigenvalue weighted by molar-refractivity contribution is -0.116. The zero-order valence-corrected chi connectivity index (χ0v) is 15.2. The highest BCUT2D eigenvalue weighted by molar-refractivity contribution is 5.95. The molecular formula is C19H22N6O. The predicted octanol–water partition coefficient (Wildman–Crippen LogP) is 2.81. The number of carbonyl (C=O) groups is 1. The first-order valence-corrected chi connectivity index (χ1v) is 8.81. The summed E-state index contributed by atoms with van der Waals surface area (Å²) in [5.41, 5.74) is 5.12. The lowest BCUT2D eigenvalue weighted by atomic mass is 9.87. The zero-order valence-electron chi connectivity index (χ0n) is 15.2. The van der Waals surface area contributed by atoms with Crippen molar-refractivity contribution in [3.8, 4) is 11.3 Å². The van der Waals surface area contributed by atoms with E-state index in [1.807, 2.05) is 37.0 Å². The smallest absolute Gasteiger partial charge is 0.226 e. The largest absolute Gasteiger partial charge is 0.311 e. The molecule has 0 aliphatic carbocycles. The Balaban J connectivity index is 1.70. The van der Waals surface area contributed by atoms with Gasteiger partial charge in [0.05, 0.1) is 11.4 Å². The molecule has 1 N–H and O–H groups in total. The van der Waals surface area contributed by atoms with Gasteiger partial charge in [-0.1, -0.05) is 0 Å². The Morgan fingerprint density at radius 2 is 2.15 bits per heavy atom. The molecule has 3 aromatic rings. The minimum Gasteiger partial charge on any atom is -0.311 e. The van der Waals surface area contributed by atoms with Gasteiger partial charge in [-0.3, -0.25) is 19.1 Å². The third kappa shape index (κ3) is 2.89. The van der Waals surface area contributed by atoms with Gasteiger partial charge < -0.3 is 5.32 Å². The van der Waals surface area contributed by atoms with Gasteiger partial charge in [0.25, 0.3) is 0 Å². The maximum atomic E-state index is 12.2. The van der Waals surface area contributed by atoms with Crippen LogP contribution >= 0.6 is 0 Å². The number of carbonyl (C=O) groups excluding carboxylic acids is 1. The molecule has 0 spiro atoms. The van der Waals surface area contributed by atoms with Crippen LogP contribution in [0.25, 0.3) is 11.3 Å². The molecule has 0 fully saturated rings. The van der Waals surface area contributed by atoms with Crippen LogP contribution in [-0.4, -0.2) is 30.5 Å². The van der Waals surface area contributed by atoms with Crippen molar-refractivity contribution in [1.82, 2.24) is 24.5 Å². The van der Waals surface area contributed by atoms with Crippen LogP contribution in [0.15, 0.2) is 30.6 Å². The van der Waals surface area contributed by atoms with E-state index in [0.29, 0.717) is 6.42 Å². The number of fused-ring (bicyclic) bond motifs is 1. The standard InChI is InChI=1S/C19H22N6O/c1-12-9-13(2)25(22-12)8-6-14-10-16(26)21-19-17(14)18(23-24(19)3)15-5-4-7-20-11-15/h4-5,7,9,11,14H,6,8,10H2,1-3H3,(H,21,26). The highest BCUT2D eigenvalue weighted by Gasteiger charge is 2.32. The summed E-state index contributed by atoms with van der Waals surface area (Å²) in [6, 6.07) is 5.98. The molecule has 7 nitrogen and oxygen atoms in total. The first-order valence-electron chi connectivity index (χ1n) is 8.81. The summed E-state index contributed by atoms with van der Waals surface area (Å²) >= 11 is 0. The van der Waals surface area contributed by atoms with Crippen molar-refractivity contribution >= 4 is 11.7 Å². The first-order chi connectivity index (χ1) is 12.5. The number of aromatic nitrogens is 5. The van der Waals surface area contributed by atoms with Crippen molar-refractivity contribution in [1.29, 1.82) is 0 Å². The molecule has 1 aliphatic rings. The molecule has 4 rings (SSSR count). The molecular weight excluding hydrogens is 328 g/mol. The Bertz CT molecular complexity index is 956. The van der Waals surface area contributed by atoms with Crippen LogP contribution in [0.2, 0.25) is 0 Å². The van der Waals surface area contributed by atoms with Crippen molar-refractivity contribution < 1.29 is 4.79 Å². The van der Waals surface area contributed by atoms with E-state index >= 15 is 0 Å². The average molecular weight is 350 g/mol. The molecule has 0 bridgehead atoms. The maximum absolute atomic E-state index is 12.2. The average Bonchev–Trinajstić information content (AvgIpc) is 3.12. The second kappa shape index (κ2) is 6.40. The van der Waals surface area contributed by atoms with Crippen LogP contribution in [0, 0.1) is 13.8 Å². The number of rotatable bonds is 4. The Labute approximate surface area is 152 Å². The van der Waals surface area contributed by atoms with Crippen LogP contribution < -0.4 is 5.32 Å². The van der Waals surface area contributed by atoms with Crippen LogP contribution in [0.4, 0.5) is 5.82 Å². The molecule has 3 aromatic heterocycles. The summed E-state index contributed by atoms with van der Waals surface area (Å²) in [6.07, 6.45) is 4.87. The van der Waals surface area contributed by atoms with E-state index in [4.69, 9.17) is 0 Å². The number of hydrogen-bond donors (Lipinski definition) is 1. The van der Waals surface area contributed by atoms with E-state index in [2.05, 4.69) is 33.5 Å². The molecule has 0 saturated heterocycles. The van der Waals surface area contributed by atoms with Crippen molar-refractivity contribution in [2.75, 3.05) is 5.32 Å². The summed E-state index contributed by atoms with van der Waals surface area (Å²) in [4.78, 5) is 16.4. The molecule has 1 amide bonds. The van der Waals surface area contributed by atoms with Gasteiger partial charge >= 0.3 is 0 Å². The molecule has 26 heavy (non-hydrogen) atoms. The lowest BCUT2D eigenvalue weighted by Gasteiger charge is -2.24. The van der Waals surface area contributed by atoms with Crippen LogP contribution in [-0.2, 0) is 18.4 Å². The second-order valence-electron chi connectivity index (χ2n) is 6.86. The van der Waals surface area contributed by atoms with Gasteiger partial charge in [-0.05, 0) is 38.5 Å². The number of amides is 1. The fraction of sp³-hybridized carbons (Fsp3) is 0.368. The Morgan fingerprint density at radius 1 is 1.31 bits per heavy atom. The Morgan fingerprint density at radius 3 is 2.85 bits per heavy atom. The van der Waals surface area contributed by atoms with Crippen LogP contribution in [0.5, 0.6) is 0 Å². The first kappa shape index (κ1) is 16.5. The van der Waals surface area contributed by atoms with E-state index in [-0.39, 0.29) is 11.8 Å². The fourth-order valence-electron chi connectivity index (χ4n) is 3.73. The SMILES string of the molecule is Cc1cc(C)n(CCC2CC(=O)Nc3c2c(-c2cccnc2)nn3C)n1. The van der Waals surface area contributed by atoms with Gasteiger partial charge in [0, 0.05) is 55.1 Å². The third-order valence-electron chi connectivity index (χ3n) is 4.91. The summed E-state index contributed by atoms with van der Waals surface area (Å²) in [7, 11) is 1.86. The van der Waals surface area contributed by atoms with E-state index in [0.717, 1.165) is 47.0 Å². The summed E-state index contributed by atoms with van der Waals surface area (Å²) < 4.78 is 3.77. The van der Waals surface area contributed by atoms with E-state index in [1.54, 1.807) is 10.9 Å². The molecule has 1 unspecified atom stereocenters. The Hall–Kier alpha value is -2.96. The zero-order chi connectivity index (χ0) is 18.3. The number of pyridine rings is 1. The minimum absolute atomic E-state index is 0.0385. The predicted molar refractivity (Wildman–Crippen MR) is 98.7 cm³/mol. The summed E-state index contributed by atoms with van der Waals surface area (Å²) in [5, 5.41) is 12.2. The summed E-state index contributed by atoms with van der Waals surface area (Å²) in [5.74, 6) is 0.932. The maximum Gasteiger partial charge on any atom is 0.226 e. The number of hydrogen-bond acceptors (Lipinski definition) is 4. The fourth-order valence-corrected chi connectivity index (χ4v) is 3.73. The van der Waals surface area contributed by atoms with E-state index in [1.165, 1.54) is 0 Å². The van der Waals surface area contributed by atoms with Gasteiger partial charge in [0.2, 0.25) is 5.91 Å². The highest BCUT2D eigenvalue weighted by Crippen LogP contribution is 2.40. The van der Waals surface area contributed by atoms with Crippen molar-refractivity contribution in [3.05, 3.63) is 47.5 Å². The molecule has 0 saturated carbocycles. The lowest BCUT2D eigenvalue weighted by Crippen LogP contribution is -2.25. The highest BCUT2D eigenvalue weighted by atomic mass is 16.1. The molecule has 4 heterocycles. The number of aryl methyl sites for hydroxylation is 4.